The third kappa shape index (κ3) is 16.6. The zero-order valence-electron chi connectivity index (χ0n) is 20.5. The van der Waals surface area contributed by atoms with E-state index in [1.807, 2.05) is 30.3 Å². The van der Waals surface area contributed by atoms with E-state index in [9.17, 15) is 14.4 Å². The summed E-state index contributed by atoms with van der Waals surface area (Å²) in [5, 5.41) is 0. The topological polar surface area (TPSA) is 127 Å². The number of amides is 2. The lowest BCUT2D eigenvalue weighted by Crippen LogP contribution is -2.42. The van der Waals surface area contributed by atoms with Gasteiger partial charge in [-0.1, -0.05) is 30.3 Å². The van der Waals surface area contributed by atoms with Crippen molar-refractivity contribution >= 4 is 18.0 Å². The summed E-state index contributed by atoms with van der Waals surface area (Å²) in [5.41, 5.74) is 5.30. The SMILES string of the molecule is CC(C)(C)OC(N)=O.CCOC(=O)CN(CC(OC)OC)C(=O)CCOCc1ccccc1. The number of benzene rings is 1. The summed E-state index contributed by atoms with van der Waals surface area (Å²) in [4.78, 5) is 35.5. The van der Waals surface area contributed by atoms with Crippen molar-refractivity contribution in [1.29, 1.82) is 0 Å². The molecular weight excluding hydrogens is 432 g/mol. The first-order valence-electron chi connectivity index (χ1n) is 10.6. The Morgan fingerprint density at radius 2 is 1.67 bits per heavy atom. The van der Waals surface area contributed by atoms with Crippen LogP contribution in [0.15, 0.2) is 30.3 Å². The standard InChI is InChI=1S/C18H27NO6.C5H11NO2/c1-4-25-17(21)12-19(13-18(22-2)23-3)16(20)10-11-24-14-15-8-6-5-7-9-15;1-5(2,3)8-4(6)7/h5-9,18H,4,10-14H2,1-3H3;1-3H3,(H2,6,7). The van der Waals surface area contributed by atoms with Gasteiger partial charge in [-0.05, 0) is 33.3 Å². The molecule has 10 heteroatoms. The Morgan fingerprint density at radius 1 is 1.06 bits per heavy atom. The predicted molar refractivity (Wildman–Crippen MR) is 122 cm³/mol. The molecule has 0 aromatic heterocycles. The molecule has 0 atom stereocenters. The number of methoxy groups -OCH3 is 2. The van der Waals surface area contributed by atoms with Crippen LogP contribution in [0.1, 0.15) is 39.7 Å². The van der Waals surface area contributed by atoms with E-state index in [2.05, 4.69) is 4.74 Å². The van der Waals surface area contributed by atoms with Crippen LogP contribution < -0.4 is 5.73 Å². The summed E-state index contributed by atoms with van der Waals surface area (Å²) >= 11 is 0. The van der Waals surface area contributed by atoms with E-state index in [0.29, 0.717) is 6.61 Å². The molecule has 188 valence electrons. The minimum absolute atomic E-state index is 0.142. The van der Waals surface area contributed by atoms with E-state index >= 15 is 0 Å². The van der Waals surface area contributed by atoms with Crippen molar-refractivity contribution in [2.24, 2.45) is 5.73 Å². The Labute approximate surface area is 196 Å². The van der Waals surface area contributed by atoms with Gasteiger partial charge in [-0.15, -0.1) is 0 Å². The van der Waals surface area contributed by atoms with E-state index in [1.165, 1.54) is 19.1 Å². The fourth-order valence-corrected chi connectivity index (χ4v) is 2.43. The molecule has 0 unspecified atom stereocenters. The Morgan fingerprint density at radius 3 is 2.12 bits per heavy atom. The number of primary amides is 1. The number of hydrogen-bond donors (Lipinski definition) is 1. The van der Waals surface area contributed by atoms with Crippen molar-refractivity contribution in [2.75, 3.05) is 40.5 Å². The Kier molecular flexibility index (Phi) is 15.5. The van der Waals surface area contributed by atoms with Crippen LogP contribution in [0.2, 0.25) is 0 Å². The van der Waals surface area contributed by atoms with E-state index < -0.39 is 24.0 Å². The van der Waals surface area contributed by atoms with Crippen LogP contribution in [-0.2, 0) is 39.9 Å². The third-order valence-corrected chi connectivity index (χ3v) is 3.85. The predicted octanol–water partition coefficient (Wildman–Crippen LogP) is 2.48. The molecule has 0 radical (unpaired) electrons. The van der Waals surface area contributed by atoms with Crippen LogP contribution in [0.4, 0.5) is 4.79 Å². The zero-order chi connectivity index (χ0) is 25.3. The van der Waals surface area contributed by atoms with Crippen molar-refractivity contribution in [2.45, 2.75) is 52.6 Å². The highest BCUT2D eigenvalue weighted by Gasteiger charge is 2.21. The lowest BCUT2D eigenvalue weighted by atomic mass is 10.2. The number of nitrogens with two attached hydrogens (primary N) is 1. The van der Waals surface area contributed by atoms with Gasteiger partial charge < -0.3 is 34.3 Å². The van der Waals surface area contributed by atoms with Gasteiger partial charge in [0.05, 0.1) is 32.8 Å². The average molecular weight is 471 g/mol. The van der Waals surface area contributed by atoms with Crippen molar-refractivity contribution < 1.29 is 38.1 Å². The van der Waals surface area contributed by atoms with Gasteiger partial charge in [-0.3, -0.25) is 9.59 Å². The van der Waals surface area contributed by atoms with Gasteiger partial charge in [-0.2, -0.15) is 0 Å². The van der Waals surface area contributed by atoms with Crippen LogP contribution in [0.25, 0.3) is 0 Å². The van der Waals surface area contributed by atoms with Crippen LogP contribution in [0.3, 0.4) is 0 Å². The van der Waals surface area contributed by atoms with Crippen LogP contribution >= 0.6 is 0 Å². The van der Waals surface area contributed by atoms with E-state index in [4.69, 9.17) is 24.7 Å². The highest BCUT2D eigenvalue weighted by molar-refractivity contribution is 5.82. The van der Waals surface area contributed by atoms with Crippen LogP contribution in [0.5, 0.6) is 0 Å². The highest BCUT2D eigenvalue weighted by atomic mass is 16.7. The molecule has 0 heterocycles. The Balaban J connectivity index is 0.00000109. The second kappa shape index (κ2) is 16.9. The second-order valence-electron chi connectivity index (χ2n) is 7.80. The number of carbonyl (C=O) groups excluding carboxylic acids is 3. The molecule has 2 amide bonds. The number of nitrogens with zero attached hydrogens (tertiary/aromatic N) is 1. The number of esters is 1. The summed E-state index contributed by atoms with van der Waals surface area (Å²) in [5.74, 6) is -0.688. The zero-order valence-corrected chi connectivity index (χ0v) is 20.5. The number of ether oxygens (including phenoxy) is 5. The Hall–Kier alpha value is -2.69. The summed E-state index contributed by atoms with van der Waals surface area (Å²) in [6.07, 6.45) is -1.17. The molecule has 1 aromatic rings. The highest BCUT2D eigenvalue weighted by Crippen LogP contribution is 2.05. The Bertz CT molecular complexity index is 687. The molecule has 0 aliphatic rings. The molecule has 0 bridgehead atoms. The fourth-order valence-electron chi connectivity index (χ4n) is 2.43. The molecule has 0 saturated heterocycles. The first-order valence-corrected chi connectivity index (χ1v) is 10.6. The lowest BCUT2D eigenvalue weighted by molar-refractivity contribution is -0.157. The minimum atomic E-state index is -0.725. The molecule has 0 fully saturated rings. The quantitative estimate of drug-likeness (QED) is 0.280. The molecule has 10 nitrogen and oxygen atoms in total. The maximum atomic E-state index is 12.4. The van der Waals surface area contributed by atoms with Crippen molar-refractivity contribution in [3.63, 3.8) is 0 Å². The molecule has 0 aliphatic heterocycles. The van der Waals surface area contributed by atoms with E-state index in [1.54, 1.807) is 27.7 Å². The molecule has 1 rings (SSSR count). The van der Waals surface area contributed by atoms with Gasteiger partial charge in [0.1, 0.15) is 12.1 Å². The van der Waals surface area contributed by atoms with Gasteiger partial charge >= 0.3 is 12.1 Å². The van der Waals surface area contributed by atoms with Crippen molar-refractivity contribution in [1.82, 2.24) is 4.90 Å². The van der Waals surface area contributed by atoms with Crippen molar-refractivity contribution in [3.8, 4) is 0 Å². The average Bonchev–Trinajstić information content (AvgIpc) is 2.73. The lowest BCUT2D eigenvalue weighted by Gasteiger charge is -2.25. The molecule has 0 saturated carbocycles. The summed E-state index contributed by atoms with van der Waals surface area (Å²) < 4.78 is 25.2. The maximum Gasteiger partial charge on any atom is 0.405 e. The first kappa shape index (κ1) is 30.3. The molecule has 1 aromatic carbocycles. The molecule has 33 heavy (non-hydrogen) atoms. The normalized spacial score (nSPS) is 10.8. The number of rotatable bonds is 12. The summed E-state index contributed by atoms with van der Waals surface area (Å²) in [6.45, 7) is 7.96. The monoisotopic (exact) mass is 470 g/mol. The van der Waals surface area contributed by atoms with Crippen molar-refractivity contribution in [3.05, 3.63) is 35.9 Å². The molecule has 2 N–H and O–H groups in total. The molecule has 0 aliphatic carbocycles. The molecular formula is C23H38N2O8. The van der Waals surface area contributed by atoms with Gasteiger partial charge in [0.2, 0.25) is 5.91 Å². The number of hydrogen-bond acceptors (Lipinski definition) is 8. The van der Waals surface area contributed by atoms with Gasteiger partial charge in [0.15, 0.2) is 6.29 Å². The fraction of sp³-hybridized carbons (Fsp3) is 0.609. The number of carbonyl (C=O) groups is 3. The first-order chi connectivity index (χ1) is 15.5. The van der Waals surface area contributed by atoms with Gasteiger partial charge in [-0.25, -0.2) is 4.79 Å². The third-order valence-electron chi connectivity index (χ3n) is 3.85. The second-order valence-corrected chi connectivity index (χ2v) is 7.80. The summed E-state index contributed by atoms with van der Waals surface area (Å²) in [7, 11) is 2.95. The maximum absolute atomic E-state index is 12.4. The van der Waals surface area contributed by atoms with Gasteiger partial charge in [0, 0.05) is 14.2 Å². The van der Waals surface area contributed by atoms with E-state index in [0.717, 1.165) is 5.56 Å². The largest absolute Gasteiger partial charge is 0.465 e. The minimum Gasteiger partial charge on any atom is -0.465 e. The molecule has 0 spiro atoms. The summed E-state index contributed by atoms with van der Waals surface area (Å²) in [6, 6.07) is 9.71. The van der Waals surface area contributed by atoms with Gasteiger partial charge in [0.25, 0.3) is 0 Å². The van der Waals surface area contributed by atoms with E-state index in [-0.39, 0.29) is 38.6 Å². The smallest absolute Gasteiger partial charge is 0.405 e. The van der Waals surface area contributed by atoms with Crippen LogP contribution in [0, 0.1) is 0 Å². The van der Waals surface area contributed by atoms with Crippen LogP contribution in [-0.4, -0.2) is 75.3 Å².